The number of amides is 1. The van der Waals surface area contributed by atoms with E-state index in [2.05, 4.69) is 15.3 Å². The maximum absolute atomic E-state index is 13.3. The van der Waals surface area contributed by atoms with Crippen molar-refractivity contribution in [3.05, 3.63) is 53.7 Å². The van der Waals surface area contributed by atoms with Crippen LogP contribution in [0.25, 0.3) is 0 Å². The van der Waals surface area contributed by atoms with Gasteiger partial charge in [-0.05, 0) is 49.3 Å². The number of halogens is 1. The molecule has 2 aromatic rings. The van der Waals surface area contributed by atoms with Crippen LogP contribution in [0.4, 0.5) is 10.2 Å². The van der Waals surface area contributed by atoms with Crippen molar-refractivity contribution in [2.24, 2.45) is 5.92 Å². The van der Waals surface area contributed by atoms with Crippen LogP contribution in [0.2, 0.25) is 0 Å². The van der Waals surface area contributed by atoms with Gasteiger partial charge in [-0.3, -0.25) is 9.78 Å². The molecule has 1 fully saturated rings. The summed E-state index contributed by atoms with van der Waals surface area (Å²) in [7, 11) is 1.84. The number of rotatable bonds is 6. The first-order valence-corrected chi connectivity index (χ1v) is 9.15. The molecule has 1 saturated heterocycles. The summed E-state index contributed by atoms with van der Waals surface area (Å²) in [4.78, 5) is 23.3. The summed E-state index contributed by atoms with van der Waals surface area (Å²) in [6.07, 6.45) is 7.30. The zero-order chi connectivity index (χ0) is 18.4. The number of nitrogens with one attached hydrogen (secondary N) is 1. The topological polar surface area (TPSA) is 58.1 Å². The van der Waals surface area contributed by atoms with Crippen molar-refractivity contribution >= 4 is 11.7 Å². The third kappa shape index (κ3) is 4.77. The van der Waals surface area contributed by atoms with E-state index < -0.39 is 0 Å². The van der Waals surface area contributed by atoms with Crippen LogP contribution in [0.3, 0.4) is 0 Å². The summed E-state index contributed by atoms with van der Waals surface area (Å²) in [5, 5.41) is 3.08. The second-order valence-electron chi connectivity index (χ2n) is 6.78. The molecule has 3 rings (SSSR count). The van der Waals surface area contributed by atoms with Crippen LogP contribution in [-0.2, 0) is 17.6 Å². The summed E-state index contributed by atoms with van der Waals surface area (Å²) < 4.78 is 13.3. The summed E-state index contributed by atoms with van der Waals surface area (Å²) in [6.45, 7) is 1.56. The number of carbonyl (C=O) groups excluding carboxylic acids is 1. The Kier molecular flexibility index (Phi) is 6.15. The van der Waals surface area contributed by atoms with E-state index in [1.54, 1.807) is 18.5 Å². The lowest BCUT2D eigenvalue weighted by Gasteiger charge is -2.33. The second-order valence-corrected chi connectivity index (χ2v) is 6.78. The van der Waals surface area contributed by atoms with E-state index in [1.165, 1.54) is 12.1 Å². The van der Waals surface area contributed by atoms with Crippen LogP contribution in [0.5, 0.6) is 0 Å². The number of hydrogen-bond acceptors (Lipinski definition) is 4. The minimum Gasteiger partial charge on any atom is -0.372 e. The fraction of sp³-hybridized carbons (Fsp3) is 0.450. The number of hydrogen-bond donors (Lipinski definition) is 1. The zero-order valence-electron chi connectivity index (χ0n) is 15.1. The molecule has 1 aromatic carbocycles. The highest BCUT2D eigenvalue weighted by Gasteiger charge is 2.24. The fourth-order valence-electron chi connectivity index (χ4n) is 3.56. The largest absolute Gasteiger partial charge is 0.372 e. The maximum atomic E-state index is 13.3. The molecule has 0 radical (unpaired) electrons. The predicted molar refractivity (Wildman–Crippen MR) is 99.3 cm³/mol. The molecule has 1 N–H and O–H groups in total. The smallest absolute Gasteiger partial charge is 0.222 e. The summed E-state index contributed by atoms with van der Waals surface area (Å²) in [6, 6.07) is 6.47. The SMILES string of the molecule is CNc1nccnc1CC1CCCN(C(=O)CCc2cccc(F)c2)C1. The average molecular weight is 356 g/mol. The number of carbonyl (C=O) groups is 1. The number of aryl methyl sites for hydroxylation is 1. The fourth-order valence-corrected chi connectivity index (χ4v) is 3.56. The van der Waals surface area contributed by atoms with Gasteiger partial charge in [0, 0.05) is 39.0 Å². The molecule has 1 unspecified atom stereocenters. The third-order valence-electron chi connectivity index (χ3n) is 4.88. The Labute approximate surface area is 153 Å². The number of nitrogens with zero attached hydrogens (tertiary/aromatic N) is 3. The molecule has 138 valence electrons. The first kappa shape index (κ1) is 18.3. The lowest BCUT2D eigenvalue weighted by atomic mass is 9.92. The van der Waals surface area contributed by atoms with Gasteiger partial charge in [0.1, 0.15) is 11.6 Å². The number of aromatic nitrogens is 2. The highest BCUT2D eigenvalue weighted by molar-refractivity contribution is 5.76. The van der Waals surface area contributed by atoms with E-state index in [0.717, 1.165) is 49.4 Å². The van der Waals surface area contributed by atoms with Crippen LogP contribution in [0.15, 0.2) is 36.7 Å². The van der Waals surface area contributed by atoms with Crippen LogP contribution in [0.1, 0.15) is 30.5 Å². The lowest BCUT2D eigenvalue weighted by molar-refractivity contribution is -0.133. The van der Waals surface area contributed by atoms with Crippen molar-refractivity contribution in [3.8, 4) is 0 Å². The van der Waals surface area contributed by atoms with Crippen molar-refractivity contribution in [3.63, 3.8) is 0 Å². The monoisotopic (exact) mass is 356 g/mol. The molecule has 1 aromatic heterocycles. The van der Waals surface area contributed by atoms with Gasteiger partial charge in [-0.25, -0.2) is 9.37 Å². The summed E-state index contributed by atoms with van der Waals surface area (Å²) >= 11 is 0. The number of benzene rings is 1. The third-order valence-corrected chi connectivity index (χ3v) is 4.88. The van der Waals surface area contributed by atoms with E-state index >= 15 is 0 Å². The Balaban J connectivity index is 1.55. The van der Waals surface area contributed by atoms with E-state index in [4.69, 9.17) is 0 Å². The first-order valence-electron chi connectivity index (χ1n) is 9.15. The van der Waals surface area contributed by atoms with Gasteiger partial charge >= 0.3 is 0 Å². The quantitative estimate of drug-likeness (QED) is 0.864. The molecular formula is C20H25FN4O. The molecule has 0 saturated carbocycles. The van der Waals surface area contributed by atoms with Crippen LogP contribution in [-0.4, -0.2) is 40.9 Å². The molecule has 1 atom stereocenters. The highest BCUT2D eigenvalue weighted by Crippen LogP contribution is 2.23. The standard InChI is InChI=1S/C20H25FN4O/c1-22-20-18(23-9-10-24-20)13-16-5-3-11-25(14-16)19(26)8-7-15-4-2-6-17(21)12-15/h2,4,6,9-10,12,16H,3,5,7-8,11,13-14H2,1H3,(H,22,24). The first-order chi connectivity index (χ1) is 12.7. The molecule has 1 aliphatic rings. The number of anilines is 1. The molecule has 26 heavy (non-hydrogen) atoms. The highest BCUT2D eigenvalue weighted by atomic mass is 19.1. The van der Waals surface area contributed by atoms with Gasteiger partial charge in [-0.2, -0.15) is 0 Å². The van der Waals surface area contributed by atoms with Gasteiger partial charge in [0.05, 0.1) is 5.69 Å². The van der Waals surface area contributed by atoms with E-state index in [0.29, 0.717) is 18.8 Å². The second kappa shape index (κ2) is 8.74. The minimum absolute atomic E-state index is 0.145. The van der Waals surface area contributed by atoms with E-state index in [9.17, 15) is 9.18 Å². The van der Waals surface area contributed by atoms with E-state index in [1.807, 2.05) is 18.0 Å². The normalized spacial score (nSPS) is 17.2. The number of piperidine rings is 1. The van der Waals surface area contributed by atoms with Crippen molar-refractivity contribution in [2.75, 3.05) is 25.5 Å². The maximum Gasteiger partial charge on any atom is 0.222 e. The molecule has 0 aliphatic carbocycles. The Morgan fingerprint density at radius 2 is 2.19 bits per heavy atom. The zero-order valence-corrected chi connectivity index (χ0v) is 15.1. The van der Waals surface area contributed by atoms with Gasteiger partial charge in [-0.1, -0.05) is 12.1 Å². The molecule has 1 amide bonds. The molecule has 0 bridgehead atoms. The Morgan fingerprint density at radius 3 is 3.00 bits per heavy atom. The molecule has 5 nitrogen and oxygen atoms in total. The summed E-state index contributed by atoms with van der Waals surface area (Å²) in [5.41, 5.74) is 1.82. The van der Waals surface area contributed by atoms with E-state index in [-0.39, 0.29) is 11.7 Å². The molecule has 0 spiro atoms. The Bertz CT molecular complexity index is 752. The van der Waals surface area contributed by atoms with Gasteiger partial charge in [0.2, 0.25) is 5.91 Å². The van der Waals surface area contributed by atoms with Crippen molar-refractivity contribution in [2.45, 2.75) is 32.1 Å². The van der Waals surface area contributed by atoms with Crippen molar-refractivity contribution in [1.29, 1.82) is 0 Å². The predicted octanol–water partition coefficient (Wildman–Crippen LogP) is 3.07. The lowest BCUT2D eigenvalue weighted by Crippen LogP contribution is -2.40. The van der Waals surface area contributed by atoms with Gasteiger partial charge in [0.15, 0.2) is 0 Å². The van der Waals surface area contributed by atoms with Gasteiger partial charge in [0.25, 0.3) is 0 Å². The van der Waals surface area contributed by atoms with Gasteiger partial charge in [-0.15, -0.1) is 0 Å². The van der Waals surface area contributed by atoms with Crippen molar-refractivity contribution < 1.29 is 9.18 Å². The summed E-state index contributed by atoms with van der Waals surface area (Å²) in [5.74, 6) is 1.09. The van der Waals surface area contributed by atoms with Crippen molar-refractivity contribution in [1.82, 2.24) is 14.9 Å². The molecular weight excluding hydrogens is 331 g/mol. The minimum atomic E-state index is -0.253. The molecule has 1 aliphatic heterocycles. The van der Waals surface area contributed by atoms with Gasteiger partial charge < -0.3 is 10.2 Å². The van der Waals surface area contributed by atoms with Crippen LogP contribution in [0, 0.1) is 11.7 Å². The molecule has 6 heteroatoms. The van der Waals surface area contributed by atoms with Crippen LogP contribution >= 0.6 is 0 Å². The Hall–Kier alpha value is -2.50. The average Bonchev–Trinajstić information content (AvgIpc) is 2.67. The Morgan fingerprint density at radius 1 is 1.35 bits per heavy atom. The van der Waals surface area contributed by atoms with Crippen LogP contribution < -0.4 is 5.32 Å². The molecule has 2 heterocycles. The number of likely N-dealkylation sites (tertiary alicyclic amines) is 1.